The standard InChI is InChI=1S/C13H17BrO4/c1-9(2)17-7-11(16)8-18-13-4-3-10(6-15)5-12(13)14/h3-6,9,11,16H,7-8H2,1-2H3. The van der Waals surface area contributed by atoms with E-state index in [1.165, 1.54) is 0 Å². The number of carbonyl (C=O) groups excluding carboxylic acids is 1. The van der Waals surface area contributed by atoms with Crippen LogP contribution in [0.15, 0.2) is 22.7 Å². The zero-order valence-corrected chi connectivity index (χ0v) is 12.0. The van der Waals surface area contributed by atoms with Crippen molar-refractivity contribution in [2.24, 2.45) is 0 Å². The maximum Gasteiger partial charge on any atom is 0.150 e. The van der Waals surface area contributed by atoms with Gasteiger partial charge in [-0.1, -0.05) is 0 Å². The van der Waals surface area contributed by atoms with E-state index in [1.807, 2.05) is 13.8 Å². The van der Waals surface area contributed by atoms with Gasteiger partial charge in [-0.15, -0.1) is 0 Å². The summed E-state index contributed by atoms with van der Waals surface area (Å²) in [6.45, 7) is 4.19. The van der Waals surface area contributed by atoms with Gasteiger partial charge in [-0.05, 0) is 48.0 Å². The van der Waals surface area contributed by atoms with Gasteiger partial charge in [0.05, 0.1) is 17.2 Å². The van der Waals surface area contributed by atoms with E-state index < -0.39 is 6.10 Å². The molecule has 0 fully saturated rings. The lowest BCUT2D eigenvalue weighted by Gasteiger charge is -2.15. The molecule has 0 spiro atoms. The van der Waals surface area contributed by atoms with Gasteiger partial charge >= 0.3 is 0 Å². The molecule has 1 rings (SSSR count). The van der Waals surface area contributed by atoms with Crippen molar-refractivity contribution in [1.29, 1.82) is 0 Å². The van der Waals surface area contributed by atoms with E-state index in [4.69, 9.17) is 9.47 Å². The largest absolute Gasteiger partial charge is 0.490 e. The molecule has 5 heteroatoms. The van der Waals surface area contributed by atoms with Crippen LogP contribution in [0.1, 0.15) is 24.2 Å². The van der Waals surface area contributed by atoms with Gasteiger partial charge in [-0.3, -0.25) is 4.79 Å². The van der Waals surface area contributed by atoms with Crippen LogP contribution in [0.25, 0.3) is 0 Å². The molecular weight excluding hydrogens is 300 g/mol. The van der Waals surface area contributed by atoms with Crippen LogP contribution in [0.4, 0.5) is 0 Å². The minimum absolute atomic E-state index is 0.0817. The molecule has 0 aliphatic heterocycles. The predicted molar refractivity (Wildman–Crippen MR) is 72.1 cm³/mol. The second-order valence-corrected chi connectivity index (χ2v) is 5.01. The van der Waals surface area contributed by atoms with Crippen molar-refractivity contribution in [3.8, 4) is 5.75 Å². The van der Waals surface area contributed by atoms with Crippen molar-refractivity contribution in [1.82, 2.24) is 0 Å². The molecule has 0 bridgehead atoms. The summed E-state index contributed by atoms with van der Waals surface area (Å²) < 4.78 is 11.4. The van der Waals surface area contributed by atoms with Gasteiger partial charge in [0.15, 0.2) is 0 Å². The Kier molecular flexibility index (Phi) is 6.32. The predicted octanol–water partition coefficient (Wildman–Crippen LogP) is 2.43. The quantitative estimate of drug-likeness (QED) is 0.785. The molecule has 0 radical (unpaired) electrons. The second kappa shape index (κ2) is 7.51. The molecule has 4 nitrogen and oxygen atoms in total. The maximum atomic E-state index is 10.6. The van der Waals surface area contributed by atoms with Crippen LogP contribution in [0.3, 0.4) is 0 Å². The molecule has 1 N–H and O–H groups in total. The summed E-state index contributed by atoms with van der Waals surface area (Å²) in [6, 6.07) is 5.01. The van der Waals surface area contributed by atoms with Crippen LogP contribution >= 0.6 is 15.9 Å². The lowest BCUT2D eigenvalue weighted by atomic mass is 10.2. The second-order valence-electron chi connectivity index (χ2n) is 4.15. The normalized spacial score (nSPS) is 12.5. The first-order chi connectivity index (χ1) is 8.52. The van der Waals surface area contributed by atoms with E-state index in [9.17, 15) is 9.90 Å². The zero-order valence-electron chi connectivity index (χ0n) is 10.4. The molecule has 18 heavy (non-hydrogen) atoms. The topological polar surface area (TPSA) is 55.8 Å². The van der Waals surface area contributed by atoms with Crippen LogP contribution in [0.2, 0.25) is 0 Å². The van der Waals surface area contributed by atoms with E-state index in [0.717, 1.165) is 6.29 Å². The van der Waals surface area contributed by atoms with Crippen molar-refractivity contribution in [2.45, 2.75) is 26.1 Å². The lowest BCUT2D eigenvalue weighted by molar-refractivity contribution is -0.0123. The van der Waals surface area contributed by atoms with Gasteiger partial charge in [0, 0.05) is 5.56 Å². The summed E-state index contributed by atoms with van der Waals surface area (Å²) in [6.07, 6.45) is 0.170. The fourth-order valence-corrected chi connectivity index (χ4v) is 1.76. The van der Waals surface area contributed by atoms with Gasteiger partial charge in [0.1, 0.15) is 24.7 Å². The third kappa shape index (κ3) is 5.16. The summed E-state index contributed by atoms with van der Waals surface area (Å²) in [5.41, 5.74) is 0.568. The van der Waals surface area contributed by atoms with Gasteiger partial charge in [-0.25, -0.2) is 0 Å². The Morgan fingerprint density at radius 2 is 2.11 bits per heavy atom. The first-order valence-electron chi connectivity index (χ1n) is 5.70. The van der Waals surface area contributed by atoms with Crippen molar-refractivity contribution >= 4 is 22.2 Å². The third-order valence-corrected chi connectivity index (χ3v) is 2.76. The van der Waals surface area contributed by atoms with Crippen LogP contribution in [0.5, 0.6) is 5.75 Å². The van der Waals surface area contributed by atoms with Crippen molar-refractivity contribution < 1.29 is 19.4 Å². The summed E-state index contributed by atoms with van der Waals surface area (Å²) in [5, 5.41) is 9.63. The monoisotopic (exact) mass is 316 g/mol. The van der Waals surface area contributed by atoms with Crippen LogP contribution in [-0.4, -0.2) is 36.8 Å². The molecule has 1 atom stereocenters. The lowest BCUT2D eigenvalue weighted by Crippen LogP contribution is -2.25. The molecule has 0 saturated heterocycles. The number of benzene rings is 1. The van der Waals surface area contributed by atoms with Crippen molar-refractivity contribution in [3.05, 3.63) is 28.2 Å². The van der Waals surface area contributed by atoms with E-state index >= 15 is 0 Å². The number of hydrogen-bond donors (Lipinski definition) is 1. The Hall–Kier alpha value is -0.910. The number of aldehydes is 1. The SMILES string of the molecule is CC(C)OCC(O)COc1ccc(C=O)cc1Br. The van der Waals surface area contributed by atoms with Crippen LogP contribution in [-0.2, 0) is 4.74 Å². The Balaban J connectivity index is 2.45. The molecule has 1 aromatic rings. The fourth-order valence-electron chi connectivity index (χ4n) is 1.25. The van der Waals surface area contributed by atoms with E-state index in [2.05, 4.69) is 15.9 Å². The molecule has 0 saturated carbocycles. The van der Waals surface area contributed by atoms with Crippen LogP contribution in [0, 0.1) is 0 Å². The van der Waals surface area contributed by atoms with E-state index in [-0.39, 0.29) is 19.3 Å². The molecule has 0 aliphatic carbocycles. The molecule has 0 aliphatic rings. The fraction of sp³-hybridized carbons (Fsp3) is 0.462. The maximum absolute atomic E-state index is 10.6. The summed E-state index contributed by atoms with van der Waals surface area (Å²) >= 11 is 3.30. The Bertz CT molecular complexity index is 393. The van der Waals surface area contributed by atoms with Gasteiger partial charge in [-0.2, -0.15) is 0 Å². The number of halogens is 1. The molecule has 1 aromatic carbocycles. The zero-order chi connectivity index (χ0) is 13.5. The number of ether oxygens (including phenoxy) is 2. The molecule has 0 amide bonds. The Morgan fingerprint density at radius 3 is 2.67 bits per heavy atom. The number of rotatable bonds is 7. The number of carbonyl (C=O) groups is 1. The minimum atomic E-state index is -0.676. The molecule has 1 unspecified atom stereocenters. The smallest absolute Gasteiger partial charge is 0.150 e. The number of aliphatic hydroxyl groups is 1. The highest BCUT2D eigenvalue weighted by Gasteiger charge is 2.09. The van der Waals surface area contributed by atoms with Gasteiger partial charge < -0.3 is 14.6 Å². The summed E-state index contributed by atoms with van der Waals surface area (Å²) in [4.78, 5) is 10.6. The highest BCUT2D eigenvalue weighted by molar-refractivity contribution is 9.10. The Labute approximate surface area is 115 Å². The average Bonchev–Trinajstić information content (AvgIpc) is 2.34. The van der Waals surface area contributed by atoms with Crippen molar-refractivity contribution in [3.63, 3.8) is 0 Å². The first-order valence-corrected chi connectivity index (χ1v) is 6.49. The number of aliphatic hydroxyl groups excluding tert-OH is 1. The first kappa shape index (κ1) is 15.1. The third-order valence-electron chi connectivity index (χ3n) is 2.15. The Morgan fingerprint density at radius 1 is 1.39 bits per heavy atom. The molecule has 0 aromatic heterocycles. The molecule has 100 valence electrons. The van der Waals surface area contributed by atoms with Gasteiger partial charge in [0.2, 0.25) is 0 Å². The number of hydrogen-bond acceptors (Lipinski definition) is 4. The van der Waals surface area contributed by atoms with E-state index in [1.54, 1.807) is 18.2 Å². The molecule has 0 heterocycles. The highest BCUT2D eigenvalue weighted by atomic mass is 79.9. The van der Waals surface area contributed by atoms with E-state index in [0.29, 0.717) is 15.8 Å². The minimum Gasteiger partial charge on any atom is -0.490 e. The highest BCUT2D eigenvalue weighted by Crippen LogP contribution is 2.25. The van der Waals surface area contributed by atoms with Crippen LogP contribution < -0.4 is 4.74 Å². The summed E-state index contributed by atoms with van der Waals surface area (Å²) in [7, 11) is 0. The summed E-state index contributed by atoms with van der Waals surface area (Å²) in [5.74, 6) is 0.587. The molecular formula is C13H17BrO4. The van der Waals surface area contributed by atoms with Crippen molar-refractivity contribution in [2.75, 3.05) is 13.2 Å². The average molecular weight is 317 g/mol. The van der Waals surface area contributed by atoms with Gasteiger partial charge in [0.25, 0.3) is 0 Å².